The average molecular weight is 240 g/mol. The first-order valence-corrected chi connectivity index (χ1v) is 6.30. The fourth-order valence-electron chi connectivity index (χ4n) is 2.40. The van der Waals surface area contributed by atoms with Crippen molar-refractivity contribution in [2.24, 2.45) is 5.41 Å². The van der Waals surface area contributed by atoms with Gasteiger partial charge in [-0.3, -0.25) is 9.59 Å². The molecule has 0 saturated carbocycles. The Morgan fingerprint density at radius 1 is 1.29 bits per heavy atom. The summed E-state index contributed by atoms with van der Waals surface area (Å²) in [6, 6.07) is -0.375. The zero-order chi connectivity index (χ0) is 13.4. The molecule has 0 bridgehead atoms. The van der Waals surface area contributed by atoms with Crippen LogP contribution in [0.3, 0.4) is 0 Å². The van der Waals surface area contributed by atoms with Crippen LogP contribution in [-0.2, 0) is 9.59 Å². The second-order valence-corrected chi connectivity index (χ2v) is 6.03. The van der Waals surface area contributed by atoms with Crippen molar-refractivity contribution in [2.75, 3.05) is 6.54 Å². The van der Waals surface area contributed by atoms with Crippen molar-refractivity contribution in [3.05, 3.63) is 0 Å². The third-order valence-corrected chi connectivity index (χ3v) is 3.56. The number of carbonyl (C=O) groups is 2. The Labute approximate surface area is 104 Å². The molecule has 1 fully saturated rings. The van der Waals surface area contributed by atoms with E-state index in [4.69, 9.17) is 0 Å². The Balaban J connectivity index is 3.15. The number of hydrogen-bond donors (Lipinski definition) is 1. The number of nitrogens with one attached hydrogen (secondary N) is 1. The maximum Gasteiger partial charge on any atom is 0.248 e. The Morgan fingerprint density at radius 3 is 2.18 bits per heavy atom. The number of piperazine rings is 1. The van der Waals surface area contributed by atoms with Gasteiger partial charge < -0.3 is 10.2 Å². The number of nitrogens with zero attached hydrogens (tertiary/aromatic N) is 1. The summed E-state index contributed by atoms with van der Waals surface area (Å²) in [5.74, 6) is -0.00896. The van der Waals surface area contributed by atoms with E-state index in [1.165, 1.54) is 0 Å². The van der Waals surface area contributed by atoms with E-state index in [1.54, 1.807) is 11.8 Å². The lowest BCUT2D eigenvalue weighted by Crippen LogP contribution is -2.71. The monoisotopic (exact) mass is 240 g/mol. The van der Waals surface area contributed by atoms with E-state index >= 15 is 0 Å². The normalized spacial score (nSPS) is 30.5. The van der Waals surface area contributed by atoms with Crippen LogP contribution in [0.1, 0.15) is 48.0 Å². The highest BCUT2D eigenvalue weighted by molar-refractivity contribution is 5.99. The molecule has 1 aliphatic rings. The first-order valence-electron chi connectivity index (χ1n) is 6.30. The van der Waals surface area contributed by atoms with Crippen LogP contribution in [0.5, 0.6) is 0 Å². The van der Waals surface area contributed by atoms with E-state index in [2.05, 4.69) is 5.32 Å². The van der Waals surface area contributed by atoms with Crippen LogP contribution in [0.25, 0.3) is 0 Å². The predicted molar refractivity (Wildman–Crippen MR) is 67.5 cm³/mol. The highest BCUT2D eigenvalue weighted by Crippen LogP contribution is 2.31. The number of likely N-dealkylation sites (N-methyl/N-ethyl adjacent to an activating group) is 1. The number of rotatable bonds is 2. The van der Waals surface area contributed by atoms with Gasteiger partial charge in [0.25, 0.3) is 0 Å². The maximum atomic E-state index is 12.4. The van der Waals surface area contributed by atoms with Gasteiger partial charge in [-0.1, -0.05) is 27.7 Å². The Bertz CT molecular complexity index is 333. The summed E-state index contributed by atoms with van der Waals surface area (Å²) in [6.45, 7) is 12.2. The largest absolute Gasteiger partial charge is 0.340 e. The molecule has 0 spiro atoms. The van der Waals surface area contributed by atoms with E-state index in [1.807, 2.05) is 34.6 Å². The van der Waals surface area contributed by atoms with Gasteiger partial charge >= 0.3 is 0 Å². The second-order valence-electron chi connectivity index (χ2n) is 6.03. The van der Waals surface area contributed by atoms with Gasteiger partial charge in [-0.25, -0.2) is 0 Å². The SMILES string of the molecule is CCN1C(=O)C(C)(CC)NC(=O)C1C(C)(C)C. The molecular weight excluding hydrogens is 216 g/mol. The Kier molecular flexibility index (Phi) is 3.55. The molecule has 1 heterocycles. The molecule has 0 radical (unpaired) electrons. The van der Waals surface area contributed by atoms with Crippen LogP contribution in [0.4, 0.5) is 0 Å². The molecule has 1 saturated heterocycles. The van der Waals surface area contributed by atoms with Gasteiger partial charge in [-0.05, 0) is 25.7 Å². The van der Waals surface area contributed by atoms with Gasteiger partial charge in [0, 0.05) is 6.54 Å². The molecule has 2 amide bonds. The van der Waals surface area contributed by atoms with Crippen molar-refractivity contribution in [3.8, 4) is 0 Å². The van der Waals surface area contributed by atoms with Gasteiger partial charge in [0.15, 0.2) is 0 Å². The summed E-state index contributed by atoms with van der Waals surface area (Å²) < 4.78 is 0. The highest BCUT2D eigenvalue weighted by atomic mass is 16.2. The molecule has 0 aromatic rings. The van der Waals surface area contributed by atoms with E-state index in [9.17, 15) is 9.59 Å². The fraction of sp³-hybridized carbons (Fsp3) is 0.846. The predicted octanol–water partition coefficient (Wildman–Crippen LogP) is 1.55. The minimum absolute atomic E-state index is 0.0297. The third kappa shape index (κ3) is 2.31. The molecule has 4 heteroatoms. The lowest BCUT2D eigenvalue weighted by Gasteiger charge is -2.48. The molecule has 0 aliphatic carbocycles. The third-order valence-electron chi connectivity index (χ3n) is 3.56. The van der Waals surface area contributed by atoms with E-state index < -0.39 is 5.54 Å². The standard InChI is InChI=1S/C13H24N2O2/c1-7-13(6)11(17)15(8-2)9(10(16)14-13)12(3,4)5/h9H,7-8H2,1-6H3,(H,14,16). The summed E-state index contributed by atoms with van der Waals surface area (Å²) in [4.78, 5) is 26.4. The van der Waals surface area contributed by atoms with Crippen molar-refractivity contribution in [1.82, 2.24) is 10.2 Å². The summed E-state index contributed by atoms with van der Waals surface area (Å²) in [5.41, 5.74) is -0.986. The average Bonchev–Trinajstić information content (AvgIpc) is 2.21. The summed E-state index contributed by atoms with van der Waals surface area (Å²) in [5, 5.41) is 2.88. The van der Waals surface area contributed by atoms with E-state index in [-0.39, 0.29) is 23.3 Å². The molecule has 1 rings (SSSR count). The van der Waals surface area contributed by atoms with Crippen LogP contribution >= 0.6 is 0 Å². The highest BCUT2D eigenvalue weighted by Gasteiger charge is 2.50. The zero-order valence-corrected chi connectivity index (χ0v) is 11.8. The van der Waals surface area contributed by atoms with Crippen LogP contribution in [0, 0.1) is 5.41 Å². The molecule has 0 aromatic heterocycles. The van der Waals surface area contributed by atoms with Gasteiger partial charge in [-0.15, -0.1) is 0 Å². The van der Waals surface area contributed by atoms with Crippen molar-refractivity contribution in [1.29, 1.82) is 0 Å². The van der Waals surface area contributed by atoms with Crippen LogP contribution in [0.2, 0.25) is 0 Å². The summed E-state index contributed by atoms with van der Waals surface area (Å²) in [7, 11) is 0. The van der Waals surface area contributed by atoms with Gasteiger partial charge in [0.1, 0.15) is 11.6 Å². The van der Waals surface area contributed by atoms with Crippen molar-refractivity contribution in [3.63, 3.8) is 0 Å². The Hall–Kier alpha value is -1.06. The second kappa shape index (κ2) is 4.31. The smallest absolute Gasteiger partial charge is 0.248 e. The van der Waals surface area contributed by atoms with Crippen molar-refractivity contribution >= 4 is 11.8 Å². The number of carbonyl (C=O) groups excluding carboxylic acids is 2. The molecule has 1 N–H and O–H groups in total. The number of hydrogen-bond acceptors (Lipinski definition) is 2. The number of amides is 2. The molecule has 1 aliphatic heterocycles. The van der Waals surface area contributed by atoms with Crippen molar-refractivity contribution in [2.45, 2.75) is 59.5 Å². The van der Waals surface area contributed by atoms with Crippen LogP contribution in [0.15, 0.2) is 0 Å². The summed E-state index contributed by atoms with van der Waals surface area (Å²) in [6.07, 6.45) is 0.616. The van der Waals surface area contributed by atoms with Gasteiger partial charge in [0.2, 0.25) is 11.8 Å². The summed E-state index contributed by atoms with van der Waals surface area (Å²) >= 11 is 0. The molecule has 2 unspecified atom stereocenters. The molecule has 2 atom stereocenters. The topological polar surface area (TPSA) is 49.4 Å². The molecular formula is C13H24N2O2. The maximum absolute atomic E-state index is 12.4. The van der Waals surface area contributed by atoms with Gasteiger partial charge in [0.05, 0.1) is 0 Å². The molecule has 4 nitrogen and oxygen atoms in total. The first kappa shape index (κ1) is 14.0. The van der Waals surface area contributed by atoms with E-state index in [0.29, 0.717) is 13.0 Å². The van der Waals surface area contributed by atoms with Crippen LogP contribution in [-0.4, -0.2) is 34.8 Å². The Morgan fingerprint density at radius 2 is 1.82 bits per heavy atom. The minimum Gasteiger partial charge on any atom is -0.340 e. The lowest BCUT2D eigenvalue weighted by atomic mass is 9.80. The molecule has 98 valence electrons. The van der Waals surface area contributed by atoms with Gasteiger partial charge in [-0.2, -0.15) is 0 Å². The zero-order valence-electron chi connectivity index (χ0n) is 11.8. The quantitative estimate of drug-likeness (QED) is 0.796. The minimum atomic E-state index is -0.741. The fourth-order valence-corrected chi connectivity index (χ4v) is 2.40. The van der Waals surface area contributed by atoms with Crippen molar-refractivity contribution < 1.29 is 9.59 Å². The molecule has 17 heavy (non-hydrogen) atoms. The van der Waals surface area contributed by atoms with E-state index in [0.717, 1.165) is 0 Å². The first-order chi connectivity index (χ1) is 7.67. The molecule has 0 aromatic carbocycles. The lowest BCUT2D eigenvalue weighted by molar-refractivity contribution is -0.158. The van der Waals surface area contributed by atoms with Crippen LogP contribution < -0.4 is 5.32 Å².